The zero-order valence-electron chi connectivity index (χ0n) is 12.4. The maximum atomic E-state index is 4.49. The highest BCUT2D eigenvalue weighted by atomic mass is 15.2. The number of guanidine groups is 1. The van der Waals surface area contributed by atoms with Crippen LogP contribution in [0, 0.1) is 6.92 Å². The zero-order valence-corrected chi connectivity index (χ0v) is 12.4. The number of hydrogen-bond acceptors (Lipinski definition) is 1. The fourth-order valence-electron chi connectivity index (χ4n) is 2.44. The largest absolute Gasteiger partial charge is 0.354 e. The lowest BCUT2D eigenvalue weighted by Gasteiger charge is -2.15. The Hall–Kier alpha value is -1.51. The Morgan fingerprint density at radius 3 is 2.74 bits per heavy atom. The number of hydrogen-bond donors (Lipinski definition) is 2. The highest BCUT2D eigenvalue weighted by molar-refractivity contribution is 5.81. The van der Waals surface area contributed by atoms with Crippen molar-refractivity contribution in [2.45, 2.75) is 52.1 Å². The van der Waals surface area contributed by atoms with E-state index in [4.69, 9.17) is 0 Å². The van der Waals surface area contributed by atoms with Gasteiger partial charge in [-0.3, -0.25) is 4.99 Å². The Bertz CT molecular complexity index is 451. The van der Waals surface area contributed by atoms with Gasteiger partial charge in [-0.2, -0.15) is 0 Å². The van der Waals surface area contributed by atoms with Gasteiger partial charge in [0.1, 0.15) is 0 Å². The van der Waals surface area contributed by atoms with Crippen molar-refractivity contribution in [3.8, 4) is 0 Å². The molecule has 0 spiro atoms. The number of nitrogens with one attached hydrogen (secondary N) is 2. The third-order valence-corrected chi connectivity index (χ3v) is 3.44. The summed E-state index contributed by atoms with van der Waals surface area (Å²) in [7, 11) is 0. The van der Waals surface area contributed by atoms with E-state index in [1.54, 1.807) is 0 Å². The Labute approximate surface area is 116 Å². The van der Waals surface area contributed by atoms with Crippen LogP contribution >= 0.6 is 0 Å². The first-order valence-corrected chi connectivity index (χ1v) is 7.24. The molecule has 0 bridgehead atoms. The third-order valence-electron chi connectivity index (χ3n) is 3.44. The first-order chi connectivity index (χ1) is 9.11. The highest BCUT2D eigenvalue weighted by Gasteiger charge is 2.39. The summed E-state index contributed by atoms with van der Waals surface area (Å²) in [5, 5.41) is 6.92. The maximum absolute atomic E-state index is 4.49. The van der Waals surface area contributed by atoms with E-state index in [1.807, 2.05) is 0 Å². The Morgan fingerprint density at radius 1 is 1.37 bits per heavy atom. The van der Waals surface area contributed by atoms with Gasteiger partial charge in [-0.1, -0.05) is 24.3 Å². The molecule has 0 amide bonds. The molecule has 1 aliphatic rings. The van der Waals surface area contributed by atoms with Crippen molar-refractivity contribution in [2.75, 3.05) is 6.54 Å². The Balaban J connectivity index is 1.96. The van der Waals surface area contributed by atoms with Crippen molar-refractivity contribution in [3.05, 3.63) is 35.4 Å². The lowest BCUT2D eigenvalue weighted by Crippen LogP contribution is -2.42. The van der Waals surface area contributed by atoms with E-state index in [0.717, 1.165) is 12.5 Å². The van der Waals surface area contributed by atoms with Crippen molar-refractivity contribution in [1.82, 2.24) is 10.6 Å². The number of aryl methyl sites for hydroxylation is 1. The van der Waals surface area contributed by atoms with Gasteiger partial charge in [0, 0.05) is 24.5 Å². The van der Waals surface area contributed by atoms with Crippen LogP contribution in [-0.2, 0) is 0 Å². The van der Waals surface area contributed by atoms with Crippen molar-refractivity contribution in [3.63, 3.8) is 0 Å². The van der Waals surface area contributed by atoms with Crippen LogP contribution in [-0.4, -0.2) is 24.6 Å². The molecule has 19 heavy (non-hydrogen) atoms. The minimum atomic E-state index is 0.411. The number of nitrogens with zero attached hydrogens (tertiary/aromatic N) is 1. The second-order valence-corrected chi connectivity index (χ2v) is 5.57. The van der Waals surface area contributed by atoms with Gasteiger partial charge in [0.15, 0.2) is 5.96 Å². The molecule has 3 nitrogen and oxygen atoms in total. The van der Waals surface area contributed by atoms with Crippen LogP contribution in [0.5, 0.6) is 0 Å². The van der Waals surface area contributed by atoms with Crippen LogP contribution in [0.1, 0.15) is 44.2 Å². The topological polar surface area (TPSA) is 36.4 Å². The van der Waals surface area contributed by atoms with Crippen molar-refractivity contribution >= 4 is 5.96 Å². The van der Waals surface area contributed by atoms with Crippen LogP contribution in [0.3, 0.4) is 0 Å². The summed E-state index contributed by atoms with van der Waals surface area (Å²) in [6.45, 7) is 9.34. The average molecular weight is 259 g/mol. The van der Waals surface area contributed by atoms with Crippen molar-refractivity contribution in [1.29, 1.82) is 0 Å². The predicted molar refractivity (Wildman–Crippen MR) is 81.7 cm³/mol. The molecule has 0 aliphatic heterocycles. The second kappa shape index (κ2) is 6.09. The predicted octanol–water partition coefficient (Wildman–Crippen LogP) is 2.81. The first-order valence-electron chi connectivity index (χ1n) is 7.24. The van der Waals surface area contributed by atoms with E-state index in [9.17, 15) is 0 Å². The quantitative estimate of drug-likeness (QED) is 0.644. The molecule has 0 aromatic heterocycles. The molecule has 2 rings (SSSR count). The van der Waals surface area contributed by atoms with Crippen molar-refractivity contribution < 1.29 is 0 Å². The van der Waals surface area contributed by atoms with Crippen LogP contribution in [0.25, 0.3) is 0 Å². The summed E-state index contributed by atoms with van der Waals surface area (Å²) in [5.74, 6) is 1.58. The van der Waals surface area contributed by atoms with Gasteiger partial charge in [-0.25, -0.2) is 0 Å². The molecule has 0 heterocycles. The van der Waals surface area contributed by atoms with Crippen LogP contribution in [0.2, 0.25) is 0 Å². The molecular weight excluding hydrogens is 234 g/mol. The minimum absolute atomic E-state index is 0.411. The van der Waals surface area contributed by atoms with Gasteiger partial charge < -0.3 is 10.6 Å². The monoisotopic (exact) mass is 259 g/mol. The Morgan fingerprint density at radius 2 is 2.11 bits per heavy atom. The molecule has 104 valence electrons. The lowest BCUT2D eigenvalue weighted by atomic mass is 10.0. The number of aliphatic imine (C=N–C) groups is 1. The smallest absolute Gasteiger partial charge is 0.191 e. The standard InChI is InChI=1S/C16H25N3/c1-5-17-16(18-11(2)3)19-15-10-14(15)13-9-7-6-8-12(13)4/h6-9,11,14-15H,5,10H2,1-4H3,(H2,17,18,19). The van der Waals surface area contributed by atoms with E-state index >= 15 is 0 Å². The minimum Gasteiger partial charge on any atom is -0.354 e. The molecule has 2 atom stereocenters. The van der Waals surface area contributed by atoms with Gasteiger partial charge in [-0.15, -0.1) is 0 Å². The van der Waals surface area contributed by atoms with Crippen LogP contribution in [0.4, 0.5) is 0 Å². The highest BCUT2D eigenvalue weighted by Crippen LogP contribution is 2.41. The van der Waals surface area contributed by atoms with Gasteiger partial charge in [0.25, 0.3) is 0 Å². The number of benzene rings is 1. The molecular formula is C16H25N3. The summed E-state index contributed by atoms with van der Waals surface area (Å²) in [6, 6.07) is 9.61. The molecule has 1 aromatic rings. The molecule has 1 fully saturated rings. The normalized spacial score (nSPS) is 22.5. The summed E-state index contributed by atoms with van der Waals surface area (Å²) in [5.41, 5.74) is 2.86. The summed E-state index contributed by atoms with van der Waals surface area (Å²) < 4.78 is 0. The van der Waals surface area contributed by atoms with Gasteiger partial charge in [0.2, 0.25) is 0 Å². The van der Waals surface area contributed by atoms with E-state index in [1.165, 1.54) is 17.5 Å². The zero-order chi connectivity index (χ0) is 13.8. The van der Waals surface area contributed by atoms with E-state index in [-0.39, 0.29) is 0 Å². The second-order valence-electron chi connectivity index (χ2n) is 5.57. The molecule has 2 unspecified atom stereocenters. The van der Waals surface area contributed by atoms with E-state index in [0.29, 0.717) is 18.0 Å². The van der Waals surface area contributed by atoms with Crippen LogP contribution in [0.15, 0.2) is 29.3 Å². The third kappa shape index (κ3) is 3.72. The molecule has 0 saturated heterocycles. The molecule has 1 aliphatic carbocycles. The van der Waals surface area contributed by atoms with Gasteiger partial charge in [0.05, 0.1) is 0 Å². The van der Waals surface area contributed by atoms with Crippen molar-refractivity contribution in [2.24, 2.45) is 4.99 Å². The lowest BCUT2D eigenvalue weighted by molar-refractivity contribution is 0.692. The fourth-order valence-corrected chi connectivity index (χ4v) is 2.44. The Kier molecular flexibility index (Phi) is 4.46. The maximum Gasteiger partial charge on any atom is 0.191 e. The molecule has 2 N–H and O–H groups in total. The molecule has 1 aromatic carbocycles. The SMILES string of the molecule is CCN=C(NC(C)C)NC1CC1c1ccccc1C. The molecule has 1 saturated carbocycles. The van der Waals surface area contributed by atoms with E-state index in [2.05, 4.69) is 67.6 Å². The summed E-state index contributed by atoms with van der Waals surface area (Å²) in [6.07, 6.45) is 1.20. The average Bonchev–Trinajstić information content (AvgIpc) is 3.08. The first kappa shape index (κ1) is 13.9. The van der Waals surface area contributed by atoms with Gasteiger partial charge in [-0.05, 0) is 45.2 Å². The van der Waals surface area contributed by atoms with E-state index < -0.39 is 0 Å². The van der Waals surface area contributed by atoms with Crippen LogP contribution < -0.4 is 10.6 Å². The van der Waals surface area contributed by atoms with Gasteiger partial charge >= 0.3 is 0 Å². The molecule has 3 heteroatoms. The number of rotatable bonds is 4. The molecule has 0 radical (unpaired) electrons. The summed E-state index contributed by atoms with van der Waals surface area (Å²) in [4.78, 5) is 4.49. The fraction of sp³-hybridized carbons (Fsp3) is 0.562. The summed E-state index contributed by atoms with van der Waals surface area (Å²) >= 11 is 0.